The minimum atomic E-state index is -0.368. The third kappa shape index (κ3) is 4.57. The molecule has 1 unspecified atom stereocenters. The van der Waals surface area contributed by atoms with Gasteiger partial charge in [0.05, 0.1) is 6.42 Å². The third-order valence-electron chi connectivity index (χ3n) is 5.10. The molecule has 2 amide bonds. The summed E-state index contributed by atoms with van der Waals surface area (Å²) in [4.78, 5) is 26.8. The molecule has 0 radical (unpaired) electrons. The fourth-order valence-corrected chi connectivity index (χ4v) is 3.09. The number of rotatable bonds is 7. The Bertz CT molecular complexity index is 555. The van der Waals surface area contributed by atoms with Crippen molar-refractivity contribution in [2.45, 2.75) is 57.5 Å². The number of benzene rings is 1. The molecule has 1 atom stereocenters. The molecule has 24 heavy (non-hydrogen) atoms. The van der Waals surface area contributed by atoms with Gasteiger partial charge in [-0.05, 0) is 31.2 Å². The van der Waals surface area contributed by atoms with Gasteiger partial charge in [-0.25, -0.2) is 0 Å². The molecule has 132 valence electrons. The molecule has 2 rings (SSSR count). The number of nitrogens with one attached hydrogen (secondary N) is 1. The third-order valence-corrected chi connectivity index (χ3v) is 5.10. The molecule has 1 fully saturated rings. The lowest BCUT2D eigenvalue weighted by Gasteiger charge is -2.29. The molecule has 5 heteroatoms. The SMILES string of the molecule is CCC(N)(CC)CNC(=O)C1CCCN1C(=O)Cc1ccccc1. The van der Waals surface area contributed by atoms with Crippen LogP contribution in [0, 0.1) is 0 Å². The van der Waals surface area contributed by atoms with E-state index in [0.29, 0.717) is 19.5 Å². The Morgan fingerprint density at radius 1 is 1.25 bits per heavy atom. The molecule has 0 saturated carbocycles. The number of carbonyl (C=O) groups is 2. The van der Waals surface area contributed by atoms with E-state index in [9.17, 15) is 9.59 Å². The van der Waals surface area contributed by atoms with Crippen LogP contribution in [-0.4, -0.2) is 41.4 Å². The second kappa shape index (κ2) is 8.29. The average Bonchev–Trinajstić information content (AvgIpc) is 3.10. The summed E-state index contributed by atoms with van der Waals surface area (Å²) >= 11 is 0. The maximum absolute atomic E-state index is 12.6. The van der Waals surface area contributed by atoms with Crippen LogP contribution in [0.25, 0.3) is 0 Å². The van der Waals surface area contributed by atoms with Crippen molar-refractivity contribution in [1.29, 1.82) is 0 Å². The normalized spacial score (nSPS) is 17.8. The zero-order valence-electron chi connectivity index (χ0n) is 14.8. The highest BCUT2D eigenvalue weighted by Gasteiger charge is 2.34. The molecule has 0 aliphatic carbocycles. The summed E-state index contributed by atoms with van der Waals surface area (Å²) in [5.74, 6) is -0.0607. The number of hydrogen-bond donors (Lipinski definition) is 2. The lowest BCUT2D eigenvalue weighted by molar-refractivity contribution is -0.138. The summed E-state index contributed by atoms with van der Waals surface area (Å²) in [6.45, 7) is 5.16. The molecular weight excluding hydrogens is 302 g/mol. The van der Waals surface area contributed by atoms with Crippen LogP contribution in [0.15, 0.2) is 30.3 Å². The van der Waals surface area contributed by atoms with Gasteiger partial charge in [0.2, 0.25) is 11.8 Å². The Hall–Kier alpha value is -1.88. The maximum Gasteiger partial charge on any atom is 0.242 e. The number of carbonyl (C=O) groups excluding carboxylic acids is 2. The van der Waals surface area contributed by atoms with Crippen molar-refractivity contribution in [3.8, 4) is 0 Å². The highest BCUT2D eigenvalue weighted by Crippen LogP contribution is 2.19. The largest absolute Gasteiger partial charge is 0.352 e. The van der Waals surface area contributed by atoms with Gasteiger partial charge in [-0.1, -0.05) is 44.2 Å². The zero-order valence-corrected chi connectivity index (χ0v) is 14.8. The van der Waals surface area contributed by atoms with Gasteiger partial charge in [0.25, 0.3) is 0 Å². The van der Waals surface area contributed by atoms with Crippen molar-refractivity contribution >= 4 is 11.8 Å². The number of nitrogens with zero attached hydrogens (tertiary/aromatic N) is 1. The van der Waals surface area contributed by atoms with E-state index in [0.717, 1.165) is 31.2 Å². The molecule has 0 bridgehead atoms. The molecule has 1 aliphatic rings. The van der Waals surface area contributed by atoms with Crippen molar-refractivity contribution in [3.05, 3.63) is 35.9 Å². The predicted octanol–water partition coefficient (Wildman–Crippen LogP) is 1.85. The van der Waals surface area contributed by atoms with Gasteiger partial charge in [0, 0.05) is 18.6 Å². The minimum Gasteiger partial charge on any atom is -0.352 e. The van der Waals surface area contributed by atoms with E-state index in [-0.39, 0.29) is 23.4 Å². The van der Waals surface area contributed by atoms with Crippen molar-refractivity contribution < 1.29 is 9.59 Å². The Kier molecular flexibility index (Phi) is 6.37. The van der Waals surface area contributed by atoms with Crippen LogP contribution in [0.1, 0.15) is 45.1 Å². The first-order chi connectivity index (χ1) is 11.5. The van der Waals surface area contributed by atoms with Gasteiger partial charge >= 0.3 is 0 Å². The van der Waals surface area contributed by atoms with Gasteiger partial charge in [0.1, 0.15) is 6.04 Å². The van der Waals surface area contributed by atoms with E-state index < -0.39 is 0 Å². The Balaban J connectivity index is 1.94. The quantitative estimate of drug-likeness (QED) is 0.801. The lowest BCUT2D eigenvalue weighted by atomic mass is 9.94. The maximum atomic E-state index is 12.6. The fraction of sp³-hybridized carbons (Fsp3) is 0.579. The highest BCUT2D eigenvalue weighted by molar-refractivity contribution is 5.89. The Labute approximate surface area is 144 Å². The molecular formula is C19H29N3O2. The molecule has 1 aliphatic heterocycles. The van der Waals surface area contributed by atoms with Crippen molar-refractivity contribution in [1.82, 2.24) is 10.2 Å². The van der Waals surface area contributed by atoms with E-state index in [2.05, 4.69) is 5.32 Å². The average molecular weight is 331 g/mol. The van der Waals surface area contributed by atoms with Crippen LogP contribution in [0.2, 0.25) is 0 Å². The first kappa shape index (κ1) is 18.5. The van der Waals surface area contributed by atoms with E-state index >= 15 is 0 Å². The lowest BCUT2D eigenvalue weighted by Crippen LogP contribution is -2.53. The molecule has 1 saturated heterocycles. The van der Waals surface area contributed by atoms with Gasteiger partial charge in [0.15, 0.2) is 0 Å². The second-order valence-electron chi connectivity index (χ2n) is 6.69. The summed E-state index contributed by atoms with van der Waals surface area (Å²) < 4.78 is 0. The van der Waals surface area contributed by atoms with Crippen molar-refractivity contribution in [2.75, 3.05) is 13.1 Å². The minimum absolute atomic E-state index is 0.0174. The van der Waals surface area contributed by atoms with Crippen molar-refractivity contribution in [3.63, 3.8) is 0 Å². The first-order valence-electron chi connectivity index (χ1n) is 8.89. The van der Waals surface area contributed by atoms with Crippen LogP contribution in [0.4, 0.5) is 0 Å². The van der Waals surface area contributed by atoms with E-state index in [1.807, 2.05) is 44.2 Å². The molecule has 0 spiro atoms. The standard InChI is InChI=1S/C19H29N3O2/c1-3-19(20,4-2)14-21-18(24)16-11-8-12-22(16)17(23)13-15-9-6-5-7-10-15/h5-7,9-10,16H,3-4,8,11-14,20H2,1-2H3,(H,21,24). The predicted molar refractivity (Wildman–Crippen MR) is 95.4 cm³/mol. The second-order valence-corrected chi connectivity index (χ2v) is 6.69. The fourth-order valence-electron chi connectivity index (χ4n) is 3.09. The molecule has 1 heterocycles. The number of amides is 2. The van der Waals surface area contributed by atoms with Gasteiger partial charge < -0.3 is 16.0 Å². The van der Waals surface area contributed by atoms with E-state index in [4.69, 9.17) is 5.73 Å². The Morgan fingerprint density at radius 2 is 1.92 bits per heavy atom. The van der Waals surface area contributed by atoms with Gasteiger partial charge in [-0.15, -0.1) is 0 Å². The van der Waals surface area contributed by atoms with Crippen LogP contribution >= 0.6 is 0 Å². The molecule has 1 aromatic rings. The van der Waals surface area contributed by atoms with E-state index in [1.54, 1.807) is 4.90 Å². The summed E-state index contributed by atoms with van der Waals surface area (Å²) in [5, 5.41) is 2.96. The van der Waals surface area contributed by atoms with Crippen LogP contribution in [-0.2, 0) is 16.0 Å². The van der Waals surface area contributed by atoms with Gasteiger partial charge in [-0.3, -0.25) is 9.59 Å². The summed E-state index contributed by atoms with van der Waals surface area (Å²) in [5.41, 5.74) is 6.86. The molecule has 5 nitrogen and oxygen atoms in total. The molecule has 3 N–H and O–H groups in total. The summed E-state index contributed by atoms with van der Waals surface area (Å²) in [6, 6.07) is 9.29. The Morgan fingerprint density at radius 3 is 2.54 bits per heavy atom. The van der Waals surface area contributed by atoms with Crippen LogP contribution in [0.3, 0.4) is 0 Å². The smallest absolute Gasteiger partial charge is 0.242 e. The number of likely N-dealkylation sites (tertiary alicyclic amines) is 1. The molecule has 1 aromatic carbocycles. The van der Waals surface area contributed by atoms with Crippen molar-refractivity contribution in [2.24, 2.45) is 5.73 Å². The number of nitrogens with two attached hydrogens (primary N) is 1. The van der Waals surface area contributed by atoms with E-state index in [1.165, 1.54) is 0 Å². The zero-order chi connectivity index (χ0) is 17.6. The highest BCUT2D eigenvalue weighted by atomic mass is 16.2. The van der Waals surface area contributed by atoms with Gasteiger partial charge in [-0.2, -0.15) is 0 Å². The number of hydrogen-bond acceptors (Lipinski definition) is 3. The first-order valence-corrected chi connectivity index (χ1v) is 8.89. The summed E-state index contributed by atoms with van der Waals surface area (Å²) in [7, 11) is 0. The van der Waals surface area contributed by atoms with Crippen LogP contribution in [0.5, 0.6) is 0 Å². The topological polar surface area (TPSA) is 75.4 Å². The molecule has 0 aromatic heterocycles. The monoisotopic (exact) mass is 331 g/mol. The summed E-state index contributed by atoms with van der Waals surface area (Å²) in [6.07, 6.45) is 3.56. The van der Waals surface area contributed by atoms with Crippen LogP contribution < -0.4 is 11.1 Å².